The molecule has 1 saturated heterocycles. The summed E-state index contributed by atoms with van der Waals surface area (Å²) < 4.78 is 44.4. The first-order valence-corrected chi connectivity index (χ1v) is 10.3. The van der Waals surface area contributed by atoms with Crippen LogP contribution in [-0.2, 0) is 12.7 Å². The minimum atomic E-state index is -4.44. The summed E-state index contributed by atoms with van der Waals surface area (Å²) in [6.07, 6.45) is -0.677. The van der Waals surface area contributed by atoms with Crippen LogP contribution in [0, 0.1) is 0 Å². The van der Waals surface area contributed by atoms with E-state index in [4.69, 9.17) is 4.74 Å². The first kappa shape index (κ1) is 26.2. The number of pyridine rings is 1. The molecule has 1 aromatic carbocycles. The van der Waals surface area contributed by atoms with Crippen LogP contribution in [-0.4, -0.2) is 55.2 Å². The molecule has 0 amide bonds. The number of alkyl halides is 3. The van der Waals surface area contributed by atoms with E-state index in [0.29, 0.717) is 12.5 Å². The predicted octanol–water partition coefficient (Wildman–Crippen LogP) is 3.93. The van der Waals surface area contributed by atoms with E-state index >= 15 is 0 Å². The van der Waals surface area contributed by atoms with Gasteiger partial charge >= 0.3 is 6.18 Å². The Labute approximate surface area is 203 Å². The molecule has 10 heteroatoms. The first-order chi connectivity index (χ1) is 15.0. The highest BCUT2D eigenvalue weighted by atomic mass is 127. The van der Waals surface area contributed by atoms with Crippen molar-refractivity contribution in [2.45, 2.75) is 31.6 Å². The van der Waals surface area contributed by atoms with Gasteiger partial charge in [-0.05, 0) is 37.1 Å². The van der Waals surface area contributed by atoms with E-state index in [-0.39, 0.29) is 42.4 Å². The first-order valence-electron chi connectivity index (χ1n) is 10.3. The Morgan fingerprint density at radius 2 is 1.88 bits per heavy atom. The van der Waals surface area contributed by atoms with Gasteiger partial charge in [-0.1, -0.05) is 18.2 Å². The van der Waals surface area contributed by atoms with E-state index in [2.05, 4.69) is 25.5 Å². The number of aliphatic imine (C=N–C) groups is 1. The number of aromatic nitrogens is 1. The number of rotatable bonds is 7. The second kappa shape index (κ2) is 12.8. The third kappa shape index (κ3) is 8.12. The number of para-hydroxylation sites is 1. The van der Waals surface area contributed by atoms with Crippen LogP contribution in [0.4, 0.5) is 13.2 Å². The van der Waals surface area contributed by atoms with Gasteiger partial charge in [0.2, 0.25) is 0 Å². The molecule has 3 rings (SSSR count). The van der Waals surface area contributed by atoms with Gasteiger partial charge in [0.1, 0.15) is 12.4 Å². The van der Waals surface area contributed by atoms with Crippen molar-refractivity contribution < 1.29 is 17.9 Å². The van der Waals surface area contributed by atoms with Crippen LogP contribution in [0.15, 0.2) is 53.7 Å². The number of likely N-dealkylation sites (tertiary alicyclic amines) is 1. The summed E-state index contributed by atoms with van der Waals surface area (Å²) in [6, 6.07) is 11.5. The van der Waals surface area contributed by atoms with Crippen molar-refractivity contribution in [3.63, 3.8) is 0 Å². The number of halogens is 4. The van der Waals surface area contributed by atoms with Crippen LogP contribution in [0.2, 0.25) is 0 Å². The van der Waals surface area contributed by atoms with E-state index in [1.807, 2.05) is 24.4 Å². The lowest BCUT2D eigenvalue weighted by Gasteiger charge is -2.32. The second-order valence-corrected chi connectivity index (χ2v) is 7.36. The molecular weight excluding hydrogens is 534 g/mol. The smallest absolute Gasteiger partial charge is 0.419 e. The fraction of sp³-hybridized carbons (Fsp3) is 0.455. The number of piperidine rings is 1. The molecule has 1 aromatic heterocycles. The summed E-state index contributed by atoms with van der Waals surface area (Å²) in [5.41, 5.74) is 0.299. The molecule has 0 unspecified atom stereocenters. The number of hydrogen-bond donors (Lipinski definition) is 2. The van der Waals surface area contributed by atoms with Crippen molar-refractivity contribution in [3.05, 3.63) is 59.9 Å². The minimum Gasteiger partial charge on any atom is -0.491 e. The molecule has 0 aliphatic carbocycles. The molecule has 32 heavy (non-hydrogen) atoms. The molecule has 2 heterocycles. The van der Waals surface area contributed by atoms with E-state index in [0.717, 1.165) is 44.2 Å². The zero-order valence-corrected chi connectivity index (χ0v) is 20.3. The van der Waals surface area contributed by atoms with Gasteiger partial charge in [0.05, 0.1) is 17.8 Å². The lowest BCUT2D eigenvalue weighted by molar-refractivity contribution is -0.138. The highest BCUT2D eigenvalue weighted by molar-refractivity contribution is 14.0. The SMILES string of the molecule is CN=C(NCCOc1ccccc1C(F)(F)F)NC1CCN(Cc2ccccn2)CC1.I. The minimum absolute atomic E-state index is 0. The van der Waals surface area contributed by atoms with E-state index in [1.54, 1.807) is 7.05 Å². The van der Waals surface area contributed by atoms with Gasteiger partial charge in [0.15, 0.2) is 5.96 Å². The maximum absolute atomic E-state index is 13.0. The zero-order valence-electron chi connectivity index (χ0n) is 17.9. The Balaban J connectivity index is 0.00000363. The average Bonchev–Trinajstić information content (AvgIpc) is 2.77. The fourth-order valence-electron chi connectivity index (χ4n) is 3.50. The predicted molar refractivity (Wildman–Crippen MR) is 129 cm³/mol. The molecule has 176 valence electrons. The lowest BCUT2D eigenvalue weighted by atomic mass is 10.1. The highest BCUT2D eigenvalue weighted by Gasteiger charge is 2.33. The monoisotopic (exact) mass is 563 g/mol. The molecule has 0 bridgehead atoms. The standard InChI is InChI=1S/C22H28F3N5O.HI/c1-26-21(28-12-15-31-20-8-3-2-7-19(20)22(23,24)25)29-17-9-13-30(14-10-17)16-18-6-4-5-11-27-18;/h2-8,11,17H,9-10,12-16H2,1H3,(H2,26,28,29);1H. The average molecular weight is 563 g/mol. The van der Waals surface area contributed by atoms with Gasteiger partial charge in [-0.2, -0.15) is 13.2 Å². The van der Waals surface area contributed by atoms with Crippen LogP contribution in [0.1, 0.15) is 24.1 Å². The molecule has 1 fully saturated rings. The number of nitrogens with zero attached hydrogens (tertiary/aromatic N) is 3. The summed E-state index contributed by atoms with van der Waals surface area (Å²) in [7, 11) is 1.67. The Morgan fingerprint density at radius 1 is 1.16 bits per heavy atom. The summed E-state index contributed by atoms with van der Waals surface area (Å²) in [4.78, 5) is 11.0. The molecule has 1 aliphatic rings. The molecule has 2 aromatic rings. The quantitative estimate of drug-likeness (QED) is 0.232. The highest BCUT2D eigenvalue weighted by Crippen LogP contribution is 2.35. The molecule has 6 nitrogen and oxygen atoms in total. The molecule has 1 aliphatic heterocycles. The van der Waals surface area contributed by atoms with Gasteiger partial charge in [-0.3, -0.25) is 14.9 Å². The van der Waals surface area contributed by atoms with E-state index < -0.39 is 11.7 Å². The van der Waals surface area contributed by atoms with Gasteiger partial charge in [-0.25, -0.2) is 0 Å². The van der Waals surface area contributed by atoms with Crippen molar-refractivity contribution >= 4 is 29.9 Å². The maximum atomic E-state index is 13.0. The van der Waals surface area contributed by atoms with Gasteiger partial charge < -0.3 is 15.4 Å². The fourth-order valence-corrected chi connectivity index (χ4v) is 3.50. The largest absolute Gasteiger partial charge is 0.491 e. The second-order valence-electron chi connectivity index (χ2n) is 7.36. The molecular formula is C22H29F3IN5O. The number of guanidine groups is 1. The third-order valence-electron chi connectivity index (χ3n) is 5.11. The van der Waals surface area contributed by atoms with E-state index in [9.17, 15) is 13.2 Å². The normalized spacial score (nSPS) is 15.7. The lowest BCUT2D eigenvalue weighted by Crippen LogP contribution is -2.49. The van der Waals surface area contributed by atoms with Gasteiger partial charge in [0.25, 0.3) is 0 Å². The number of hydrogen-bond acceptors (Lipinski definition) is 4. The molecule has 0 saturated carbocycles. The molecule has 0 radical (unpaired) electrons. The topological polar surface area (TPSA) is 61.8 Å². The van der Waals surface area contributed by atoms with Crippen LogP contribution >= 0.6 is 24.0 Å². The summed E-state index contributed by atoms with van der Waals surface area (Å²) in [6.45, 7) is 3.20. The van der Waals surface area contributed by atoms with Gasteiger partial charge in [0, 0.05) is 38.9 Å². The summed E-state index contributed by atoms with van der Waals surface area (Å²) in [5.74, 6) is 0.455. The van der Waals surface area contributed by atoms with Crippen molar-refractivity contribution in [3.8, 4) is 5.75 Å². The van der Waals surface area contributed by atoms with Crippen LogP contribution < -0.4 is 15.4 Å². The summed E-state index contributed by atoms with van der Waals surface area (Å²) >= 11 is 0. The van der Waals surface area contributed by atoms with Crippen LogP contribution in [0.3, 0.4) is 0 Å². The van der Waals surface area contributed by atoms with Crippen molar-refractivity contribution in [2.24, 2.45) is 4.99 Å². The van der Waals surface area contributed by atoms with Crippen molar-refractivity contribution in [1.82, 2.24) is 20.5 Å². The maximum Gasteiger partial charge on any atom is 0.419 e. The number of nitrogens with one attached hydrogen (secondary N) is 2. The van der Waals surface area contributed by atoms with Gasteiger partial charge in [-0.15, -0.1) is 24.0 Å². The Kier molecular flexibility index (Phi) is 10.5. The Hall–Kier alpha value is -2.08. The summed E-state index contributed by atoms with van der Waals surface area (Å²) in [5, 5.41) is 6.49. The van der Waals surface area contributed by atoms with Crippen LogP contribution in [0.5, 0.6) is 5.75 Å². The molecule has 2 N–H and O–H groups in total. The molecule has 0 spiro atoms. The number of benzene rings is 1. The zero-order chi connectivity index (χ0) is 22.1. The van der Waals surface area contributed by atoms with Crippen LogP contribution in [0.25, 0.3) is 0 Å². The number of ether oxygens (including phenoxy) is 1. The third-order valence-corrected chi connectivity index (χ3v) is 5.11. The Bertz CT molecular complexity index is 843. The van der Waals surface area contributed by atoms with E-state index in [1.165, 1.54) is 18.2 Å². The molecule has 0 atom stereocenters. The van der Waals surface area contributed by atoms with Crippen molar-refractivity contribution in [1.29, 1.82) is 0 Å². The Morgan fingerprint density at radius 3 is 2.53 bits per heavy atom. The van der Waals surface area contributed by atoms with Crippen molar-refractivity contribution in [2.75, 3.05) is 33.3 Å².